The lowest BCUT2D eigenvalue weighted by Crippen LogP contribution is -2.15. The molecule has 1 saturated heterocycles. The molecule has 90 valence electrons. The summed E-state index contributed by atoms with van der Waals surface area (Å²) in [5, 5.41) is 4.52. The molecule has 0 bridgehead atoms. The summed E-state index contributed by atoms with van der Waals surface area (Å²) in [5.74, 6) is 1.67. The van der Waals surface area contributed by atoms with Crippen molar-refractivity contribution in [1.29, 1.82) is 0 Å². The van der Waals surface area contributed by atoms with E-state index in [0.717, 1.165) is 22.4 Å². The van der Waals surface area contributed by atoms with E-state index in [9.17, 15) is 0 Å². The van der Waals surface area contributed by atoms with Gasteiger partial charge < -0.3 is 4.90 Å². The molecule has 17 heavy (non-hydrogen) atoms. The molecule has 0 radical (unpaired) electrons. The Bertz CT molecular complexity index is 536. The third-order valence-electron chi connectivity index (χ3n) is 3.30. The minimum absolute atomic E-state index is 0.709. The predicted octanol–water partition coefficient (Wildman–Crippen LogP) is 1.99. The van der Waals surface area contributed by atoms with Gasteiger partial charge in [0.25, 0.3) is 0 Å². The van der Waals surface area contributed by atoms with Gasteiger partial charge in [-0.05, 0) is 54.0 Å². The minimum atomic E-state index is 0.709. The Balaban J connectivity index is 1.81. The van der Waals surface area contributed by atoms with Crippen LogP contribution in [0.2, 0.25) is 0 Å². The smallest absolute Gasteiger partial charge is 0.155 e. The fourth-order valence-corrected chi connectivity index (χ4v) is 2.77. The van der Waals surface area contributed by atoms with Crippen molar-refractivity contribution < 1.29 is 0 Å². The first-order valence-electron chi connectivity index (χ1n) is 5.90. The highest BCUT2D eigenvalue weighted by Gasteiger charge is 2.21. The van der Waals surface area contributed by atoms with Crippen molar-refractivity contribution in [3.63, 3.8) is 0 Å². The second-order valence-electron chi connectivity index (χ2n) is 4.80. The third-order valence-corrected chi connectivity index (χ3v) is 3.77. The molecule has 5 heteroatoms. The Hall–Kier alpha value is -0.940. The van der Waals surface area contributed by atoms with Gasteiger partial charge in [-0.15, -0.1) is 0 Å². The molecule has 0 amide bonds. The van der Waals surface area contributed by atoms with Crippen molar-refractivity contribution in [1.82, 2.24) is 19.5 Å². The van der Waals surface area contributed by atoms with Gasteiger partial charge in [0.2, 0.25) is 0 Å². The van der Waals surface area contributed by atoms with Gasteiger partial charge in [0.05, 0.1) is 0 Å². The van der Waals surface area contributed by atoms with E-state index in [1.165, 1.54) is 19.5 Å². The topological polar surface area (TPSA) is 33.4 Å². The van der Waals surface area contributed by atoms with E-state index in [0.29, 0.717) is 5.92 Å². The maximum absolute atomic E-state index is 4.55. The van der Waals surface area contributed by atoms with Crippen molar-refractivity contribution in [2.45, 2.75) is 12.8 Å². The number of fused-ring (bicyclic) bond motifs is 1. The summed E-state index contributed by atoms with van der Waals surface area (Å²) in [6, 6.07) is 3.98. The van der Waals surface area contributed by atoms with Crippen LogP contribution < -0.4 is 0 Å². The molecule has 1 atom stereocenters. The van der Waals surface area contributed by atoms with Crippen LogP contribution in [0.25, 0.3) is 5.65 Å². The number of hydrogen-bond acceptors (Lipinski definition) is 3. The molecule has 3 heterocycles. The Labute approximate surface area is 109 Å². The molecule has 1 fully saturated rings. The molecule has 1 unspecified atom stereocenters. The zero-order valence-electron chi connectivity index (χ0n) is 9.80. The molecule has 0 aromatic carbocycles. The number of rotatable bonds is 2. The second kappa shape index (κ2) is 4.38. The lowest BCUT2D eigenvalue weighted by molar-refractivity contribution is 0.392. The first kappa shape index (κ1) is 11.2. The molecule has 1 aliphatic rings. The molecule has 4 nitrogen and oxygen atoms in total. The highest BCUT2D eigenvalue weighted by molar-refractivity contribution is 9.10. The lowest BCUT2D eigenvalue weighted by atomic mass is 10.1. The van der Waals surface area contributed by atoms with E-state index >= 15 is 0 Å². The summed E-state index contributed by atoms with van der Waals surface area (Å²) in [7, 11) is 2.17. The average molecular weight is 295 g/mol. The van der Waals surface area contributed by atoms with Gasteiger partial charge in [-0.3, -0.25) is 0 Å². The minimum Gasteiger partial charge on any atom is -0.306 e. The Morgan fingerprint density at radius 3 is 3.12 bits per heavy atom. The third kappa shape index (κ3) is 2.35. The Kier molecular flexibility index (Phi) is 2.88. The van der Waals surface area contributed by atoms with Crippen LogP contribution in [-0.4, -0.2) is 39.6 Å². The first-order valence-corrected chi connectivity index (χ1v) is 6.69. The average Bonchev–Trinajstić information content (AvgIpc) is 2.84. The summed E-state index contributed by atoms with van der Waals surface area (Å²) in [6.07, 6.45) is 4.20. The van der Waals surface area contributed by atoms with Gasteiger partial charge in [-0.1, -0.05) is 0 Å². The molecule has 2 aromatic rings. The van der Waals surface area contributed by atoms with Crippen LogP contribution in [0.5, 0.6) is 0 Å². The van der Waals surface area contributed by atoms with E-state index in [1.807, 2.05) is 22.8 Å². The Morgan fingerprint density at radius 2 is 2.35 bits per heavy atom. The lowest BCUT2D eigenvalue weighted by Gasteiger charge is -2.07. The number of pyridine rings is 1. The largest absolute Gasteiger partial charge is 0.306 e. The van der Waals surface area contributed by atoms with Gasteiger partial charge in [0.15, 0.2) is 11.5 Å². The fraction of sp³-hybridized carbons (Fsp3) is 0.500. The van der Waals surface area contributed by atoms with Gasteiger partial charge >= 0.3 is 0 Å². The van der Waals surface area contributed by atoms with Crippen molar-refractivity contribution in [3.8, 4) is 0 Å². The summed E-state index contributed by atoms with van der Waals surface area (Å²) in [4.78, 5) is 6.93. The van der Waals surface area contributed by atoms with E-state index in [2.05, 4.69) is 38.0 Å². The molecule has 3 rings (SSSR count). The van der Waals surface area contributed by atoms with Gasteiger partial charge in [0, 0.05) is 23.6 Å². The van der Waals surface area contributed by atoms with E-state index in [4.69, 9.17) is 0 Å². The molecule has 2 aromatic heterocycles. The van der Waals surface area contributed by atoms with Crippen LogP contribution in [-0.2, 0) is 6.42 Å². The maximum atomic E-state index is 4.55. The number of aromatic nitrogens is 3. The SMILES string of the molecule is CN1CCC(Cc2nc3ccc(Br)cn3n2)C1. The standard InChI is InChI=1S/C12H15BrN4/c1-16-5-4-9(7-16)6-11-14-12-3-2-10(13)8-17(12)15-11/h2-3,8-9H,4-7H2,1H3. The monoisotopic (exact) mass is 294 g/mol. The van der Waals surface area contributed by atoms with Crippen LogP contribution in [0.4, 0.5) is 0 Å². The van der Waals surface area contributed by atoms with Crippen LogP contribution in [0, 0.1) is 5.92 Å². The number of hydrogen-bond donors (Lipinski definition) is 0. The number of likely N-dealkylation sites (tertiary alicyclic amines) is 1. The fourth-order valence-electron chi connectivity index (χ4n) is 2.44. The predicted molar refractivity (Wildman–Crippen MR) is 70.0 cm³/mol. The highest BCUT2D eigenvalue weighted by atomic mass is 79.9. The van der Waals surface area contributed by atoms with Crippen LogP contribution in [0.15, 0.2) is 22.8 Å². The zero-order valence-corrected chi connectivity index (χ0v) is 11.4. The molecule has 0 spiro atoms. The summed E-state index contributed by atoms with van der Waals surface area (Å²) in [5.41, 5.74) is 0.926. The van der Waals surface area contributed by atoms with E-state index in [1.54, 1.807) is 0 Å². The molecular weight excluding hydrogens is 280 g/mol. The quantitative estimate of drug-likeness (QED) is 0.849. The van der Waals surface area contributed by atoms with E-state index < -0.39 is 0 Å². The molecule has 1 aliphatic heterocycles. The first-order chi connectivity index (χ1) is 8.20. The van der Waals surface area contributed by atoms with Gasteiger partial charge in [0.1, 0.15) is 0 Å². The van der Waals surface area contributed by atoms with Gasteiger partial charge in [-0.25, -0.2) is 9.50 Å². The highest BCUT2D eigenvalue weighted by Crippen LogP contribution is 2.18. The van der Waals surface area contributed by atoms with Crippen molar-refractivity contribution >= 4 is 21.6 Å². The van der Waals surface area contributed by atoms with Crippen molar-refractivity contribution in [2.24, 2.45) is 5.92 Å². The van der Waals surface area contributed by atoms with Crippen LogP contribution >= 0.6 is 15.9 Å². The van der Waals surface area contributed by atoms with Crippen LogP contribution in [0.3, 0.4) is 0 Å². The number of nitrogens with zero attached hydrogens (tertiary/aromatic N) is 4. The molecule has 0 aliphatic carbocycles. The second-order valence-corrected chi connectivity index (χ2v) is 5.71. The molecule has 0 saturated carbocycles. The zero-order chi connectivity index (χ0) is 11.8. The summed E-state index contributed by atoms with van der Waals surface area (Å²) < 4.78 is 2.87. The van der Waals surface area contributed by atoms with Crippen LogP contribution in [0.1, 0.15) is 12.2 Å². The van der Waals surface area contributed by atoms with Gasteiger partial charge in [-0.2, -0.15) is 5.10 Å². The normalized spacial score (nSPS) is 21.4. The molecular formula is C12H15BrN4. The maximum Gasteiger partial charge on any atom is 0.155 e. The summed E-state index contributed by atoms with van der Waals surface area (Å²) >= 11 is 3.44. The Morgan fingerprint density at radius 1 is 1.47 bits per heavy atom. The molecule has 0 N–H and O–H groups in total. The van der Waals surface area contributed by atoms with E-state index in [-0.39, 0.29) is 0 Å². The number of halogens is 1. The van der Waals surface area contributed by atoms with Crippen molar-refractivity contribution in [2.75, 3.05) is 20.1 Å². The summed E-state index contributed by atoms with van der Waals surface area (Å²) in [6.45, 7) is 2.36. The van der Waals surface area contributed by atoms with Crippen molar-refractivity contribution in [3.05, 3.63) is 28.6 Å².